The van der Waals surface area contributed by atoms with Crippen molar-refractivity contribution in [2.45, 2.75) is 26.0 Å². The third kappa shape index (κ3) is 5.17. The zero-order chi connectivity index (χ0) is 16.7. The Morgan fingerprint density at radius 3 is 2.61 bits per heavy atom. The number of ether oxygens (including phenoxy) is 1. The van der Waals surface area contributed by atoms with Crippen LogP contribution in [0, 0.1) is 0 Å². The lowest BCUT2D eigenvalue weighted by atomic mass is 10.1. The normalized spacial score (nSPS) is 12.2. The number of nitrogens with zero attached hydrogens (tertiary/aromatic N) is 2. The third-order valence-electron chi connectivity index (χ3n) is 3.17. The number of aliphatic hydroxyl groups excluding tert-OH is 1. The molecule has 0 aliphatic heterocycles. The van der Waals surface area contributed by atoms with E-state index in [2.05, 4.69) is 20.9 Å². The molecular weight excluding hydrogens is 294 g/mol. The molecule has 0 spiro atoms. The predicted octanol–water partition coefficient (Wildman–Crippen LogP) is 1.17. The maximum absolute atomic E-state index is 9.95. The van der Waals surface area contributed by atoms with Gasteiger partial charge >= 0.3 is 0 Å². The summed E-state index contributed by atoms with van der Waals surface area (Å²) < 4.78 is 5.74. The Kier molecular flexibility index (Phi) is 6.28. The Morgan fingerprint density at radius 1 is 1.17 bits per heavy atom. The van der Waals surface area contributed by atoms with E-state index in [4.69, 9.17) is 10.6 Å². The molecule has 2 aromatic rings. The largest absolute Gasteiger partial charge is 0.490 e. The lowest BCUT2D eigenvalue weighted by Gasteiger charge is -2.16. The summed E-state index contributed by atoms with van der Waals surface area (Å²) in [4.78, 5) is 0. The molecule has 5 N–H and O–H groups in total. The first-order valence-electron chi connectivity index (χ1n) is 7.54. The molecule has 0 radical (unpaired) electrons. The summed E-state index contributed by atoms with van der Waals surface area (Å²) in [6.07, 6.45) is -0.583. The number of nitrogen functional groups attached to an aromatic ring is 1. The van der Waals surface area contributed by atoms with Crippen molar-refractivity contribution >= 4 is 5.82 Å². The van der Waals surface area contributed by atoms with Gasteiger partial charge in [0.05, 0.1) is 5.69 Å². The number of aromatic nitrogens is 2. The highest BCUT2D eigenvalue weighted by molar-refractivity contribution is 5.67. The molecule has 0 bridgehead atoms. The quantitative estimate of drug-likeness (QED) is 0.428. The monoisotopic (exact) mass is 317 g/mol. The van der Waals surface area contributed by atoms with E-state index in [1.807, 2.05) is 38.1 Å². The maximum atomic E-state index is 9.95. The van der Waals surface area contributed by atoms with Gasteiger partial charge in [-0.05, 0) is 24.3 Å². The molecule has 0 saturated heterocycles. The molecule has 0 saturated carbocycles. The van der Waals surface area contributed by atoms with Crippen molar-refractivity contribution in [3.05, 3.63) is 36.4 Å². The fraction of sp³-hybridized carbons (Fsp3) is 0.375. The Bertz CT molecular complexity index is 604. The van der Waals surface area contributed by atoms with E-state index in [0.717, 1.165) is 5.56 Å². The summed E-state index contributed by atoms with van der Waals surface area (Å²) >= 11 is 0. The van der Waals surface area contributed by atoms with E-state index in [9.17, 15) is 5.11 Å². The summed E-state index contributed by atoms with van der Waals surface area (Å²) in [5.41, 5.74) is 3.93. The van der Waals surface area contributed by atoms with Crippen molar-refractivity contribution in [1.29, 1.82) is 0 Å². The molecule has 23 heavy (non-hydrogen) atoms. The van der Waals surface area contributed by atoms with Crippen molar-refractivity contribution in [2.75, 3.05) is 18.6 Å². The van der Waals surface area contributed by atoms with Gasteiger partial charge < -0.3 is 20.6 Å². The molecule has 1 unspecified atom stereocenters. The van der Waals surface area contributed by atoms with Gasteiger partial charge in [-0.1, -0.05) is 26.0 Å². The zero-order valence-corrected chi connectivity index (χ0v) is 13.4. The van der Waals surface area contributed by atoms with Crippen LogP contribution >= 0.6 is 0 Å². The first kappa shape index (κ1) is 17.1. The van der Waals surface area contributed by atoms with Crippen LogP contribution in [0.1, 0.15) is 13.8 Å². The van der Waals surface area contributed by atoms with Gasteiger partial charge in [0.25, 0.3) is 0 Å². The van der Waals surface area contributed by atoms with Crippen LogP contribution in [0.3, 0.4) is 0 Å². The van der Waals surface area contributed by atoms with E-state index in [0.29, 0.717) is 29.8 Å². The van der Waals surface area contributed by atoms with E-state index in [1.54, 1.807) is 12.1 Å². The Morgan fingerprint density at radius 2 is 1.96 bits per heavy atom. The van der Waals surface area contributed by atoms with Crippen molar-refractivity contribution in [2.24, 2.45) is 5.84 Å². The molecule has 1 atom stereocenters. The van der Waals surface area contributed by atoms with Gasteiger partial charge in [-0.2, -0.15) is 0 Å². The average molecular weight is 317 g/mol. The van der Waals surface area contributed by atoms with Crippen LogP contribution in [-0.4, -0.2) is 40.6 Å². The molecule has 0 aliphatic carbocycles. The number of hydrogen-bond acceptors (Lipinski definition) is 7. The number of hydrazine groups is 1. The fourth-order valence-corrected chi connectivity index (χ4v) is 1.97. The predicted molar refractivity (Wildman–Crippen MR) is 89.9 cm³/mol. The number of hydrogen-bond donors (Lipinski definition) is 4. The minimum absolute atomic E-state index is 0.201. The molecular formula is C16H23N5O2. The number of para-hydroxylation sites is 1. The maximum Gasteiger partial charge on any atom is 0.162 e. The van der Waals surface area contributed by atoms with Gasteiger partial charge in [0.1, 0.15) is 18.5 Å². The van der Waals surface area contributed by atoms with Crippen molar-refractivity contribution in [1.82, 2.24) is 15.5 Å². The Labute approximate surface area is 135 Å². The molecule has 7 heteroatoms. The topological polar surface area (TPSA) is 105 Å². The standard InChI is InChI=1S/C16H23N5O2/c1-11(2)18-9-12(22)10-23-15-6-4-3-5-13(15)14-7-8-16(19-17)21-20-14/h3-8,11-12,18,22H,9-10,17H2,1-2H3,(H,19,21). The van der Waals surface area contributed by atoms with Crippen LogP contribution in [0.25, 0.3) is 11.3 Å². The van der Waals surface area contributed by atoms with Gasteiger partial charge in [-0.15, -0.1) is 10.2 Å². The molecule has 0 aliphatic rings. The average Bonchev–Trinajstić information content (AvgIpc) is 2.58. The molecule has 7 nitrogen and oxygen atoms in total. The van der Waals surface area contributed by atoms with Crippen LogP contribution in [0.4, 0.5) is 5.82 Å². The molecule has 1 aromatic heterocycles. The minimum Gasteiger partial charge on any atom is -0.490 e. The third-order valence-corrected chi connectivity index (χ3v) is 3.17. The highest BCUT2D eigenvalue weighted by Crippen LogP contribution is 2.28. The number of rotatable bonds is 8. The number of nitrogens with one attached hydrogen (secondary N) is 2. The second kappa shape index (κ2) is 8.42. The zero-order valence-electron chi connectivity index (χ0n) is 13.4. The summed E-state index contributed by atoms with van der Waals surface area (Å²) in [7, 11) is 0. The highest BCUT2D eigenvalue weighted by Gasteiger charge is 2.11. The first-order chi connectivity index (χ1) is 11.1. The number of benzene rings is 1. The van der Waals surface area contributed by atoms with Gasteiger partial charge in [-0.25, -0.2) is 5.84 Å². The molecule has 124 valence electrons. The van der Waals surface area contributed by atoms with Crippen molar-refractivity contribution in [3.8, 4) is 17.0 Å². The Hall–Kier alpha value is -2.22. The number of aliphatic hydroxyl groups is 1. The number of nitrogens with two attached hydrogens (primary N) is 1. The van der Waals surface area contributed by atoms with Crippen LogP contribution in [0.5, 0.6) is 5.75 Å². The smallest absolute Gasteiger partial charge is 0.162 e. The fourth-order valence-electron chi connectivity index (χ4n) is 1.97. The van der Waals surface area contributed by atoms with Crippen molar-refractivity contribution < 1.29 is 9.84 Å². The summed E-state index contributed by atoms with van der Waals surface area (Å²) in [5, 5.41) is 21.2. The lowest BCUT2D eigenvalue weighted by Crippen LogP contribution is -2.35. The van der Waals surface area contributed by atoms with Gasteiger partial charge in [0.2, 0.25) is 0 Å². The molecule has 2 rings (SSSR count). The van der Waals surface area contributed by atoms with E-state index in [1.165, 1.54) is 0 Å². The van der Waals surface area contributed by atoms with Crippen LogP contribution in [0.15, 0.2) is 36.4 Å². The Balaban J connectivity index is 2.05. The second-order valence-electron chi connectivity index (χ2n) is 5.47. The second-order valence-corrected chi connectivity index (χ2v) is 5.47. The summed E-state index contributed by atoms with van der Waals surface area (Å²) in [5.74, 6) is 6.43. The van der Waals surface area contributed by atoms with E-state index in [-0.39, 0.29) is 6.61 Å². The molecule has 0 amide bonds. The lowest BCUT2D eigenvalue weighted by molar-refractivity contribution is 0.105. The van der Waals surface area contributed by atoms with Crippen LogP contribution in [-0.2, 0) is 0 Å². The molecule has 0 fully saturated rings. The SMILES string of the molecule is CC(C)NCC(O)COc1ccccc1-c1ccc(NN)nn1. The first-order valence-corrected chi connectivity index (χ1v) is 7.54. The van der Waals surface area contributed by atoms with E-state index < -0.39 is 6.10 Å². The summed E-state index contributed by atoms with van der Waals surface area (Å²) in [6, 6.07) is 11.4. The van der Waals surface area contributed by atoms with Gasteiger partial charge in [0.15, 0.2) is 5.82 Å². The summed E-state index contributed by atoms with van der Waals surface area (Å²) in [6.45, 7) is 4.74. The van der Waals surface area contributed by atoms with E-state index >= 15 is 0 Å². The van der Waals surface area contributed by atoms with Gasteiger partial charge in [0, 0.05) is 18.2 Å². The minimum atomic E-state index is -0.583. The number of anilines is 1. The van der Waals surface area contributed by atoms with Crippen LogP contribution in [0.2, 0.25) is 0 Å². The molecule has 1 aromatic carbocycles. The molecule has 1 heterocycles. The highest BCUT2D eigenvalue weighted by atomic mass is 16.5. The van der Waals surface area contributed by atoms with Crippen LogP contribution < -0.4 is 21.3 Å². The van der Waals surface area contributed by atoms with Gasteiger partial charge in [-0.3, -0.25) is 0 Å². The van der Waals surface area contributed by atoms with Crippen molar-refractivity contribution in [3.63, 3.8) is 0 Å².